The lowest BCUT2D eigenvalue weighted by molar-refractivity contribution is 0.373. The van der Waals surface area contributed by atoms with Crippen molar-refractivity contribution in [3.63, 3.8) is 0 Å². The summed E-state index contributed by atoms with van der Waals surface area (Å²) < 4.78 is 6.29. The molecular formula is C18H24BrN3O2S. The number of guanidine groups is 1. The minimum absolute atomic E-state index is 0.157. The fourth-order valence-electron chi connectivity index (χ4n) is 2.38. The Kier molecular flexibility index (Phi) is 7.58. The fraction of sp³-hybridized carbons (Fsp3) is 0.389. The third kappa shape index (κ3) is 5.93. The highest BCUT2D eigenvalue weighted by Crippen LogP contribution is 2.26. The monoisotopic (exact) mass is 425 g/mol. The molecule has 0 saturated heterocycles. The van der Waals surface area contributed by atoms with E-state index in [0.717, 1.165) is 34.8 Å². The summed E-state index contributed by atoms with van der Waals surface area (Å²) in [5.41, 5.74) is 1.08. The lowest BCUT2D eigenvalue weighted by Crippen LogP contribution is -2.38. The molecule has 0 aliphatic heterocycles. The highest BCUT2D eigenvalue weighted by atomic mass is 79.9. The van der Waals surface area contributed by atoms with Gasteiger partial charge in [0.05, 0.1) is 17.4 Å². The molecular weight excluding hydrogens is 402 g/mol. The molecule has 1 aromatic carbocycles. The van der Waals surface area contributed by atoms with E-state index in [0.29, 0.717) is 12.3 Å². The quantitative estimate of drug-likeness (QED) is 0.522. The van der Waals surface area contributed by atoms with E-state index >= 15 is 0 Å². The van der Waals surface area contributed by atoms with Crippen LogP contribution in [0.5, 0.6) is 11.5 Å². The lowest BCUT2D eigenvalue weighted by atomic mass is 10.1. The van der Waals surface area contributed by atoms with Gasteiger partial charge in [-0.25, -0.2) is 0 Å². The van der Waals surface area contributed by atoms with Gasteiger partial charge in [-0.05, 0) is 59.1 Å². The molecule has 5 nitrogen and oxygen atoms in total. The SMILES string of the molecule is CCNC(=NCCc1ccc(O)c(OC)c1)N(C)Cc1ccc(Br)s1. The largest absolute Gasteiger partial charge is 0.504 e. The van der Waals surface area contributed by atoms with Gasteiger partial charge in [-0.3, -0.25) is 4.99 Å². The van der Waals surface area contributed by atoms with Crippen molar-refractivity contribution in [2.24, 2.45) is 4.99 Å². The zero-order valence-corrected chi connectivity index (χ0v) is 17.2. The summed E-state index contributed by atoms with van der Waals surface area (Å²) in [5.74, 6) is 1.54. The second-order valence-electron chi connectivity index (χ2n) is 5.55. The predicted molar refractivity (Wildman–Crippen MR) is 108 cm³/mol. The van der Waals surface area contributed by atoms with Gasteiger partial charge in [0.15, 0.2) is 17.5 Å². The number of methoxy groups -OCH3 is 1. The van der Waals surface area contributed by atoms with E-state index in [1.165, 1.54) is 4.88 Å². The Morgan fingerprint density at radius 3 is 2.80 bits per heavy atom. The van der Waals surface area contributed by atoms with Crippen LogP contribution in [0.4, 0.5) is 0 Å². The van der Waals surface area contributed by atoms with Gasteiger partial charge in [0.1, 0.15) is 0 Å². The average Bonchev–Trinajstić information content (AvgIpc) is 3.00. The lowest BCUT2D eigenvalue weighted by Gasteiger charge is -2.21. The number of rotatable bonds is 7. The van der Waals surface area contributed by atoms with Crippen molar-refractivity contribution in [1.29, 1.82) is 0 Å². The van der Waals surface area contributed by atoms with Gasteiger partial charge in [0.25, 0.3) is 0 Å². The Labute approximate surface area is 161 Å². The van der Waals surface area contributed by atoms with E-state index in [2.05, 4.69) is 45.2 Å². The number of benzene rings is 1. The molecule has 136 valence electrons. The maximum absolute atomic E-state index is 9.66. The van der Waals surface area contributed by atoms with Crippen molar-refractivity contribution in [1.82, 2.24) is 10.2 Å². The third-order valence-electron chi connectivity index (χ3n) is 3.62. The van der Waals surface area contributed by atoms with Crippen LogP contribution in [0.3, 0.4) is 0 Å². The molecule has 0 saturated carbocycles. The number of hydrogen-bond acceptors (Lipinski definition) is 4. The van der Waals surface area contributed by atoms with Crippen LogP contribution in [0.2, 0.25) is 0 Å². The van der Waals surface area contributed by atoms with Gasteiger partial charge in [-0.2, -0.15) is 0 Å². The summed E-state index contributed by atoms with van der Waals surface area (Å²) >= 11 is 5.23. The molecule has 0 atom stereocenters. The summed E-state index contributed by atoms with van der Waals surface area (Å²) in [6.07, 6.45) is 0.782. The number of nitrogens with one attached hydrogen (secondary N) is 1. The van der Waals surface area contributed by atoms with Crippen LogP contribution >= 0.6 is 27.3 Å². The van der Waals surface area contributed by atoms with Crippen molar-refractivity contribution >= 4 is 33.2 Å². The zero-order valence-electron chi connectivity index (χ0n) is 14.8. The molecule has 0 bridgehead atoms. The van der Waals surface area contributed by atoms with E-state index in [1.807, 2.05) is 19.2 Å². The number of nitrogens with zero attached hydrogens (tertiary/aromatic N) is 2. The second kappa shape index (κ2) is 9.68. The van der Waals surface area contributed by atoms with Crippen molar-refractivity contribution in [2.75, 3.05) is 27.2 Å². The molecule has 0 fully saturated rings. The summed E-state index contributed by atoms with van der Waals surface area (Å²) in [6.45, 7) is 4.37. The summed E-state index contributed by atoms with van der Waals surface area (Å²) in [5, 5.41) is 13.0. The Bertz CT molecular complexity index is 718. The second-order valence-corrected chi connectivity index (χ2v) is 8.10. The summed E-state index contributed by atoms with van der Waals surface area (Å²) in [6, 6.07) is 9.59. The first-order chi connectivity index (χ1) is 12.0. The van der Waals surface area contributed by atoms with Crippen LogP contribution in [0, 0.1) is 0 Å². The first kappa shape index (κ1) is 19.6. The zero-order chi connectivity index (χ0) is 18.2. The number of phenolic OH excluding ortho intramolecular Hbond substituents is 1. The molecule has 25 heavy (non-hydrogen) atoms. The number of aromatic hydroxyl groups is 1. The maximum atomic E-state index is 9.66. The minimum Gasteiger partial charge on any atom is -0.504 e. The molecule has 0 aliphatic carbocycles. The number of ether oxygens (including phenoxy) is 1. The predicted octanol–water partition coefficient (Wildman–Crippen LogP) is 3.86. The summed E-state index contributed by atoms with van der Waals surface area (Å²) in [7, 11) is 3.59. The molecule has 1 heterocycles. The molecule has 2 N–H and O–H groups in total. The van der Waals surface area contributed by atoms with E-state index in [9.17, 15) is 5.11 Å². The van der Waals surface area contributed by atoms with Crippen molar-refractivity contribution < 1.29 is 9.84 Å². The van der Waals surface area contributed by atoms with Gasteiger partial charge in [-0.15, -0.1) is 11.3 Å². The number of halogens is 1. The summed E-state index contributed by atoms with van der Waals surface area (Å²) in [4.78, 5) is 8.12. The highest BCUT2D eigenvalue weighted by molar-refractivity contribution is 9.11. The highest BCUT2D eigenvalue weighted by Gasteiger charge is 2.08. The molecule has 0 unspecified atom stereocenters. The molecule has 0 spiro atoms. The van der Waals surface area contributed by atoms with Gasteiger partial charge >= 0.3 is 0 Å². The third-order valence-corrected chi connectivity index (χ3v) is 5.23. The normalized spacial score (nSPS) is 11.4. The molecule has 1 aromatic heterocycles. The average molecular weight is 426 g/mol. The van der Waals surface area contributed by atoms with E-state index in [1.54, 1.807) is 24.5 Å². The first-order valence-corrected chi connectivity index (χ1v) is 9.74. The smallest absolute Gasteiger partial charge is 0.193 e. The number of phenols is 1. The van der Waals surface area contributed by atoms with E-state index < -0.39 is 0 Å². The van der Waals surface area contributed by atoms with Gasteiger partial charge in [0, 0.05) is 25.0 Å². The van der Waals surface area contributed by atoms with Crippen LogP contribution in [-0.2, 0) is 13.0 Å². The first-order valence-electron chi connectivity index (χ1n) is 8.13. The molecule has 2 aromatic rings. The topological polar surface area (TPSA) is 57.1 Å². The molecule has 0 radical (unpaired) electrons. The van der Waals surface area contributed by atoms with Gasteiger partial charge in [0.2, 0.25) is 0 Å². The Morgan fingerprint density at radius 1 is 1.36 bits per heavy atom. The fourth-order valence-corrected chi connectivity index (χ4v) is 3.92. The maximum Gasteiger partial charge on any atom is 0.193 e. The number of hydrogen-bond donors (Lipinski definition) is 2. The number of aliphatic imine (C=N–C) groups is 1. The Morgan fingerprint density at radius 2 is 2.16 bits per heavy atom. The van der Waals surface area contributed by atoms with Crippen LogP contribution in [0.1, 0.15) is 17.4 Å². The standard InChI is InChI=1S/C18H24BrN3O2S/c1-4-20-18(22(2)12-14-6-8-17(19)25-14)21-10-9-13-5-7-15(23)16(11-13)24-3/h5-8,11,23H,4,9-10,12H2,1-3H3,(H,20,21). The van der Waals surface area contributed by atoms with E-state index in [-0.39, 0.29) is 5.75 Å². The Balaban J connectivity index is 1.98. The molecule has 7 heteroatoms. The van der Waals surface area contributed by atoms with Crippen molar-refractivity contribution in [3.8, 4) is 11.5 Å². The minimum atomic E-state index is 0.157. The van der Waals surface area contributed by atoms with Crippen LogP contribution in [0.25, 0.3) is 0 Å². The van der Waals surface area contributed by atoms with Gasteiger partial charge in [-0.1, -0.05) is 6.07 Å². The Hall–Kier alpha value is -1.73. The van der Waals surface area contributed by atoms with Crippen molar-refractivity contribution in [3.05, 3.63) is 44.6 Å². The van der Waals surface area contributed by atoms with Crippen LogP contribution in [0.15, 0.2) is 39.1 Å². The number of thiophene rings is 1. The van der Waals surface area contributed by atoms with Gasteiger partial charge < -0.3 is 20.1 Å². The molecule has 0 amide bonds. The van der Waals surface area contributed by atoms with E-state index in [4.69, 9.17) is 9.73 Å². The molecule has 0 aliphatic rings. The molecule has 2 rings (SSSR count). The van der Waals surface area contributed by atoms with Crippen LogP contribution < -0.4 is 10.1 Å². The van der Waals surface area contributed by atoms with Crippen molar-refractivity contribution in [2.45, 2.75) is 19.9 Å². The van der Waals surface area contributed by atoms with Crippen LogP contribution in [-0.4, -0.2) is 43.2 Å².